The highest BCUT2D eigenvalue weighted by Crippen LogP contribution is 2.73. The summed E-state index contributed by atoms with van der Waals surface area (Å²) in [5, 5.41) is 10.1. The molecule has 11 atom stereocenters. The van der Waals surface area contributed by atoms with E-state index in [1.165, 1.54) is 22.3 Å². The van der Waals surface area contributed by atoms with Crippen molar-refractivity contribution in [3.8, 4) is 23.0 Å². The van der Waals surface area contributed by atoms with Crippen LogP contribution in [0.4, 0.5) is 0 Å². The van der Waals surface area contributed by atoms with Crippen molar-refractivity contribution in [1.29, 1.82) is 0 Å². The molecule has 4 fully saturated rings. The van der Waals surface area contributed by atoms with E-state index < -0.39 is 36.0 Å². The lowest BCUT2D eigenvalue weighted by Gasteiger charge is -2.69. The summed E-state index contributed by atoms with van der Waals surface area (Å²) in [6, 6.07) is 16.8. The van der Waals surface area contributed by atoms with Gasteiger partial charge in [-0.1, -0.05) is 52.0 Å². The van der Waals surface area contributed by atoms with E-state index in [-0.39, 0.29) is 65.3 Å². The van der Waals surface area contributed by atoms with Gasteiger partial charge in [-0.3, -0.25) is 9.59 Å². The van der Waals surface area contributed by atoms with E-state index in [0.29, 0.717) is 47.0 Å². The first-order valence-electron chi connectivity index (χ1n) is 19.3. The lowest BCUT2D eigenvalue weighted by Crippen LogP contribution is -2.68. The molecule has 0 aromatic heterocycles. The van der Waals surface area contributed by atoms with E-state index in [4.69, 9.17) is 28.4 Å². The zero-order valence-corrected chi connectivity index (χ0v) is 30.1. The maximum Gasteiger partial charge on any atom is 0.340 e. The van der Waals surface area contributed by atoms with Gasteiger partial charge in [-0.15, -0.1) is 0 Å². The van der Waals surface area contributed by atoms with E-state index >= 15 is 0 Å². The number of esters is 3. The molecule has 12 rings (SSSR count). The molecule has 9 aliphatic rings. The van der Waals surface area contributed by atoms with Gasteiger partial charge in [0.25, 0.3) is 0 Å². The van der Waals surface area contributed by atoms with Crippen molar-refractivity contribution < 1.29 is 47.9 Å². The second kappa shape index (κ2) is 10.7. The normalized spacial score (nSPS) is 38.0. The Labute approximate surface area is 307 Å². The topological polar surface area (TPSA) is 127 Å². The Hall–Kier alpha value is -4.25. The number of rotatable bonds is 2. The molecule has 1 N–H and O–H groups in total. The van der Waals surface area contributed by atoms with E-state index in [2.05, 4.69) is 64.1 Å². The summed E-state index contributed by atoms with van der Waals surface area (Å²) in [7, 11) is 0. The van der Waals surface area contributed by atoms with E-state index in [0.717, 1.165) is 12.8 Å². The van der Waals surface area contributed by atoms with Crippen LogP contribution in [0.25, 0.3) is 0 Å². The van der Waals surface area contributed by atoms with Crippen LogP contribution >= 0.6 is 0 Å². The smallest absolute Gasteiger partial charge is 0.340 e. The van der Waals surface area contributed by atoms with Gasteiger partial charge < -0.3 is 33.5 Å². The number of benzene rings is 3. The van der Waals surface area contributed by atoms with Crippen molar-refractivity contribution in [2.75, 3.05) is 0 Å². The lowest BCUT2D eigenvalue weighted by molar-refractivity contribution is -0.264. The van der Waals surface area contributed by atoms with Crippen LogP contribution in [0.2, 0.25) is 0 Å². The van der Waals surface area contributed by atoms with Gasteiger partial charge in [0.2, 0.25) is 6.29 Å². The highest BCUT2D eigenvalue weighted by atomic mass is 16.6. The molecule has 2 saturated heterocycles. The predicted molar refractivity (Wildman–Crippen MR) is 187 cm³/mol. The summed E-state index contributed by atoms with van der Waals surface area (Å²) in [6.07, 6.45) is 0.672. The van der Waals surface area contributed by atoms with Gasteiger partial charge in [0, 0.05) is 17.3 Å². The summed E-state index contributed by atoms with van der Waals surface area (Å²) in [5.41, 5.74) is 5.47. The predicted octanol–water partition coefficient (Wildman–Crippen LogP) is 6.48. The van der Waals surface area contributed by atoms with Crippen LogP contribution in [0.1, 0.15) is 91.6 Å². The van der Waals surface area contributed by atoms with Gasteiger partial charge in [-0.25, -0.2) is 4.79 Å². The fourth-order valence-electron chi connectivity index (χ4n) is 12.6. The Kier molecular flexibility index (Phi) is 6.50. The third kappa shape index (κ3) is 3.97. The first-order valence-corrected chi connectivity index (χ1v) is 19.3. The third-order valence-electron chi connectivity index (χ3n) is 14.5. The van der Waals surface area contributed by atoms with Gasteiger partial charge in [-0.2, -0.15) is 0 Å². The summed E-state index contributed by atoms with van der Waals surface area (Å²) >= 11 is 0. The van der Waals surface area contributed by atoms with Crippen molar-refractivity contribution in [1.82, 2.24) is 0 Å². The second-order valence-electron chi connectivity index (χ2n) is 17.2. The summed E-state index contributed by atoms with van der Waals surface area (Å²) in [5.74, 6) is 0.638. The number of aliphatic hydroxyl groups excluding tert-OH is 1. The molecule has 53 heavy (non-hydrogen) atoms. The number of hydrogen-bond donors (Lipinski definition) is 1. The number of aliphatic hydroxyl groups is 1. The summed E-state index contributed by atoms with van der Waals surface area (Å²) in [4.78, 5) is 37.8. The van der Waals surface area contributed by atoms with Crippen LogP contribution in [0.3, 0.4) is 0 Å². The fourth-order valence-corrected chi connectivity index (χ4v) is 12.6. The Morgan fingerprint density at radius 3 is 1.60 bits per heavy atom. The minimum absolute atomic E-state index is 0.144. The van der Waals surface area contributed by atoms with Gasteiger partial charge >= 0.3 is 17.9 Å². The van der Waals surface area contributed by atoms with Crippen LogP contribution < -0.4 is 9.47 Å². The third-order valence-corrected chi connectivity index (χ3v) is 14.5. The number of carbonyl (C=O) groups is 3. The number of fused-ring (bicyclic) bond motifs is 6. The molecule has 10 nitrogen and oxygen atoms in total. The zero-order chi connectivity index (χ0) is 36.3. The molecule has 5 aliphatic carbocycles. The number of ether oxygens (including phenoxy) is 6. The SMILES string of the molecule is CC(C)C12c3ccccc3C(C(C)C)(c3cc4c(cc31)Oc1cc3c(cc1O4)C(=O)OC(O)C3)C1CC3OC4CC5C(=O)OC(=O)C5CC4OC3CC12. The number of cyclic esters (lactones) is 3. The van der Waals surface area contributed by atoms with Crippen molar-refractivity contribution in [2.45, 2.75) is 101 Å². The molecule has 3 aromatic rings. The average Bonchev–Trinajstić information content (AvgIpc) is 3.40. The van der Waals surface area contributed by atoms with E-state index in [1.54, 1.807) is 12.1 Å². The molecule has 0 amide bonds. The van der Waals surface area contributed by atoms with Crippen LogP contribution in [0.15, 0.2) is 48.5 Å². The molecule has 2 saturated carbocycles. The quantitative estimate of drug-likeness (QED) is 0.182. The molecule has 4 heterocycles. The number of carbonyl (C=O) groups excluding carboxylic acids is 3. The molecule has 0 radical (unpaired) electrons. The maximum atomic E-state index is 12.7. The van der Waals surface area contributed by atoms with Crippen molar-refractivity contribution in [3.05, 3.63) is 81.9 Å². The van der Waals surface area contributed by atoms with Crippen molar-refractivity contribution in [3.63, 3.8) is 0 Å². The second-order valence-corrected chi connectivity index (χ2v) is 17.2. The lowest BCUT2D eigenvalue weighted by atomic mass is 9.35. The molecule has 4 aliphatic heterocycles. The Bertz CT molecular complexity index is 2160. The van der Waals surface area contributed by atoms with Gasteiger partial charge in [0.1, 0.15) is 0 Å². The minimum Gasteiger partial charge on any atom is -0.449 e. The highest BCUT2D eigenvalue weighted by Gasteiger charge is 2.70. The Morgan fingerprint density at radius 2 is 1.09 bits per heavy atom. The Morgan fingerprint density at radius 1 is 0.623 bits per heavy atom. The van der Waals surface area contributed by atoms with Crippen LogP contribution in [0, 0.1) is 35.5 Å². The minimum atomic E-state index is -1.20. The summed E-state index contributed by atoms with van der Waals surface area (Å²) < 4.78 is 37.4. The molecule has 2 bridgehead atoms. The van der Waals surface area contributed by atoms with Crippen LogP contribution in [-0.2, 0) is 45.8 Å². The molecular weight excluding hydrogens is 676 g/mol. The monoisotopic (exact) mass is 718 g/mol. The Balaban J connectivity index is 1.06. The van der Waals surface area contributed by atoms with Crippen molar-refractivity contribution >= 4 is 17.9 Å². The number of hydrogen-bond acceptors (Lipinski definition) is 10. The molecule has 11 unspecified atom stereocenters. The van der Waals surface area contributed by atoms with E-state index in [9.17, 15) is 19.5 Å². The largest absolute Gasteiger partial charge is 0.449 e. The molecule has 274 valence electrons. The van der Waals surface area contributed by atoms with Gasteiger partial charge in [0.15, 0.2) is 23.0 Å². The van der Waals surface area contributed by atoms with E-state index in [1.807, 2.05) is 0 Å². The van der Waals surface area contributed by atoms with Crippen LogP contribution in [-0.4, -0.2) is 53.7 Å². The maximum absolute atomic E-state index is 12.7. The molecular formula is C43H42O10. The molecule has 10 heteroatoms. The first-order chi connectivity index (χ1) is 25.5. The average molecular weight is 719 g/mol. The van der Waals surface area contributed by atoms with Gasteiger partial charge in [0.05, 0.1) is 41.8 Å². The first kappa shape index (κ1) is 32.2. The standard InChI is InChI=1S/C43H42O10/c1-18(2)42-24-7-5-6-8-25(24)43(19(3)4,29-17-37-36(16-28(29)42)50-32-12-22-23(13-33(32)51-37)41(47)53-40(22)46)27-15-35-34(14-26(27)42)48-30-9-20-10-38(44)52-39(45)21(20)11-31(30)49-35/h5-9,11,14-15,18-19,22-23,28-29,32-33,36-38,44H,10,12-13,16-17H2,1-4H3. The fraction of sp³-hybridized carbons (Fsp3) is 0.512. The summed E-state index contributed by atoms with van der Waals surface area (Å²) in [6.45, 7) is 9.32. The highest BCUT2D eigenvalue weighted by molar-refractivity contribution is 5.96. The van der Waals surface area contributed by atoms with Crippen LogP contribution in [0.5, 0.6) is 23.0 Å². The molecule has 0 spiro atoms. The zero-order valence-electron chi connectivity index (χ0n) is 30.1. The molecule has 3 aromatic carbocycles. The van der Waals surface area contributed by atoms with Crippen molar-refractivity contribution in [2.24, 2.45) is 35.5 Å². The van der Waals surface area contributed by atoms with Gasteiger partial charge in [-0.05, 0) is 101 Å².